The highest BCUT2D eigenvalue weighted by Gasteiger charge is 2.39. The third-order valence-electron chi connectivity index (χ3n) is 11.4. The molecule has 8 rings (SSSR count). The summed E-state index contributed by atoms with van der Waals surface area (Å²) in [5, 5.41) is 9.85. The van der Waals surface area contributed by atoms with Crippen LogP contribution < -0.4 is 10.6 Å². The van der Waals surface area contributed by atoms with Crippen molar-refractivity contribution >= 4 is 78.1 Å². The summed E-state index contributed by atoms with van der Waals surface area (Å²) in [5.74, 6) is 0.997. The van der Waals surface area contributed by atoms with Gasteiger partial charge in [-0.2, -0.15) is 0 Å². The Labute approximate surface area is 343 Å². The Hall–Kier alpha value is -5.48. The Morgan fingerprint density at radius 2 is 1.10 bits per heavy atom. The number of methoxy groups -OCH3 is 2. The van der Waals surface area contributed by atoms with E-state index in [1.165, 1.54) is 23.6 Å². The summed E-state index contributed by atoms with van der Waals surface area (Å²) >= 11 is 3.44. The summed E-state index contributed by atoms with van der Waals surface area (Å²) in [4.78, 5) is 72.0. The van der Waals surface area contributed by atoms with E-state index in [2.05, 4.69) is 55.6 Å². The van der Waals surface area contributed by atoms with Crippen molar-refractivity contribution in [1.29, 1.82) is 0 Å². The number of alkyl carbamates (subject to hydrolysis) is 2. The van der Waals surface area contributed by atoms with Gasteiger partial charge in [0.25, 0.3) is 0 Å². The smallest absolute Gasteiger partial charge is 0.407 e. The molecule has 4 N–H and O–H groups in total. The highest BCUT2D eigenvalue weighted by Crippen LogP contribution is 2.45. The topological polar surface area (TPSA) is 175 Å². The van der Waals surface area contributed by atoms with E-state index < -0.39 is 24.3 Å². The monoisotopic (exact) mass is 824 g/mol. The lowest BCUT2D eigenvalue weighted by atomic mass is 10.0. The predicted octanol–water partition coefficient (Wildman–Crippen LogP) is 8.14. The molecule has 0 radical (unpaired) electrons. The average Bonchev–Trinajstić information content (AvgIpc) is 4.07. The zero-order valence-electron chi connectivity index (χ0n) is 33.4. The van der Waals surface area contributed by atoms with Gasteiger partial charge in [-0.3, -0.25) is 9.59 Å². The van der Waals surface area contributed by atoms with Gasteiger partial charge in [0.2, 0.25) is 11.8 Å². The molecule has 2 aromatic carbocycles. The molecule has 2 aliphatic heterocycles. The molecule has 4 aromatic heterocycles. The number of likely N-dealkylation sites (tertiary alicyclic amines) is 2. The largest absolute Gasteiger partial charge is 0.453 e. The second-order valence-electron chi connectivity index (χ2n) is 15.8. The summed E-state index contributed by atoms with van der Waals surface area (Å²) in [6.45, 7) is 8.82. The van der Waals surface area contributed by atoms with Crippen molar-refractivity contribution in [2.75, 3.05) is 27.3 Å². The zero-order valence-corrected chi connectivity index (χ0v) is 35.0. The molecule has 0 aliphatic carbocycles. The van der Waals surface area contributed by atoms with Crippen LogP contribution in [0.25, 0.3) is 53.7 Å². The van der Waals surface area contributed by atoms with Gasteiger partial charge in [0.05, 0.1) is 57.8 Å². The summed E-state index contributed by atoms with van der Waals surface area (Å²) < 4.78 is 12.0. The number of ether oxygens (including phenoxy) is 2. The number of hydrogen-bond acceptors (Lipinski definition) is 10. The van der Waals surface area contributed by atoms with Crippen molar-refractivity contribution in [2.45, 2.75) is 77.5 Å². The molecule has 14 nitrogen and oxygen atoms in total. The molecule has 16 heteroatoms. The molecular formula is C42H48N8O6S2. The Balaban J connectivity index is 1.02. The number of H-pyrrole nitrogens is 2. The van der Waals surface area contributed by atoms with Crippen molar-refractivity contribution in [2.24, 2.45) is 11.8 Å². The van der Waals surface area contributed by atoms with Gasteiger partial charge in [0.15, 0.2) is 0 Å². The van der Waals surface area contributed by atoms with Crippen LogP contribution in [-0.4, -0.2) is 93.1 Å². The van der Waals surface area contributed by atoms with Crippen LogP contribution in [0.1, 0.15) is 77.1 Å². The molecule has 0 unspecified atom stereocenters. The van der Waals surface area contributed by atoms with Gasteiger partial charge in [-0.05, 0) is 72.9 Å². The molecular weight excluding hydrogens is 777 g/mol. The van der Waals surface area contributed by atoms with E-state index in [9.17, 15) is 19.2 Å². The molecule has 58 heavy (non-hydrogen) atoms. The number of amides is 4. The van der Waals surface area contributed by atoms with Gasteiger partial charge >= 0.3 is 12.2 Å². The molecule has 6 heterocycles. The van der Waals surface area contributed by atoms with Gasteiger partial charge in [0.1, 0.15) is 23.7 Å². The first-order chi connectivity index (χ1) is 27.9. The number of imidazole rings is 2. The molecule has 2 fully saturated rings. The maximum Gasteiger partial charge on any atom is 0.407 e. The fourth-order valence-corrected chi connectivity index (χ4v) is 10.8. The van der Waals surface area contributed by atoms with Crippen LogP contribution in [-0.2, 0) is 19.1 Å². The van der Waals surface area contributed by atoms with E-state index in [0.717, 1.165) is 81.7 Å². The molecule has 0 bridgehead atoms. The van der Waals surface area contributed by atoms with Crippen molar-refractivity contribution in [3.05, 3.63) is 58.8 Å². The first-order valence-electron chi connectivity index (χ1n) is 19.7. The van der Waals surface area contributed by atoms with Crippen molar-refractivity contribution in [3.8, 4) is 22.3 Å². The SMILES string of the molecule is COC(=O)N[C@H](C(=O)N1CCC[C@H]1c1nc2ccc(-c3csc4c(-c5ccc6nc([C@H]7CCCN7C(=O)[C@H](NC(=O)OC)C(C)C)[nH]c6c5)csc34)cc2[nH]1)C(C)C. The molecule has 4 amide bonds. The molecule has 0 saturated carbocycles. The third-order valence-corrected chi connectivity index (χ3v) is 13.5. The average molecular weight is 825 g/mol. The Bertz CT molecular complexity index is 2350. The predicted molar refractivity (Wildman–Crippen MR) is 226 cm³/mol. The van der Waals surface area contributed by atoms with Crippen LogP contribution in [0, 0.1) is 11.8 Å². The van der Waals surface area contributed by atoms with Crippen LogP contribution in [0.5, 0.6) is 0 Å². The summed E-state index contributed by atoms with van der Waals surface area (Å²) in [7, 11) is 2.59. The van der Waals surface area contributed by atoms with E-state index in [1.54, 1.807) is 22.7 Å². The number of fused-ring (bicyclic) bond motifs is 3. The number of hydrogen-bond donors (Lipinski definition) is 4. The first-order valence-corrected chi connectivity index (χ1v) is 21.5. The van der Waals surface area contributed by atoms with Gasteiger partial charge in [-0.25, -0.2) is 19.6 Å². The minimum absolute atomic E-state index is 0.109. The Morgan fingerprint density at radius 3 is 1.48 bits per heavy atom. The Kier molecular flexibility index (Phi) is 10.9. The maximum atomic E-state index is 13.7. The molecule has 2 saturated heterocycles. The normalized spacial score (nSPS) is 18.1. The third kappa shape index (κ3) is 7.27. The molecule has 304 valence electrons. The summed E-state index contributed by atoms with van der Waals surface area (Å²) in [6, 6.07) is 10.7. The lowest BCUT2D eigenvalue weighted by Gasteiger charge is -2.29. The first kappa shape index (κ1) is 39.4. The van der Waals surface area contributed by atoms with Crippen molar-refractivity contribution < 1.29 is 28.7 Å². The van der Waals surface area contributed by atoms with E-state index >= 15 is 0 Å². The van der Waals surface area contributed by atoms with Gasteiger partial charge in [0, 0.05) is 35.0 Å². The van der Waals surface area contributed by atoms with Crippen molar-refractivity contribution in [1.82, 2.24) is 40.4 Å². The van der Waals surface area contributed by atoms with Crippen LogP contribution in [0.2, 0.25) is 0 Å². The number of benzene rings is 2. The van der Waals surface area contributed by atoms with E-state index in [4.69, 9.17) is 19.4 Å². The lowest BCUT2D eigenvalue weighted by molar-refractivity contribution is -0.136. The van der Waals surface area contributed by atoms with Crippen LogP contribution >= 0.6 is 22.7 Å². The van der Waals surface area contributed by atoms with Gasteiger partial charge < -0.3 is 39.9 Å². The second kappa shape index (κ2) is 16.0. The minimum atomic E-state index is -0.693. The quantitative estimate of drug-likeness (QED) is 0.107. The number of rotatable bonds is 10. The number of nitrogens with zero attached hydrogens (tertiary/aromatic N) is 4. The molecule has 0 spiro atoms. The summed E-state index contributed by atoms with van der Waals surface area (Å²) in [6.07, 6.45) is 2.01. The number of thiophene rings is 2. The zero-order chi connectivity index (χ0) is 40.8. The maximum absolute atomic E-state index is 13.7. The number of aromatic amines is 2. The fourth-order valence-electron chi connectivity index (χ4n) is 8.31. The van der Waals surface area contributed by atoms with Gasteiger partial charge in [-0.15, -0.1) is 22.7 Å². The molecule has 4 atom stereocenters. The van der Waals surface area contributed by atoms with E-state index in [0.29, 0.717) is 13.1 Å². The number of carbonyl (C=O) groups excluding carboxylic acids is 4. The second-order valence-corrected chi connectivity index (χ2v) is 17.5. The molecule has 2 aliphatic rings. The van der Waals surface area contributed by atoms with E-state index in [-0.39, 0.29) is 35.7 Å². The Morgan fingerprint density at radius 1 is 0.690 bits per heavy atom. The summed E-state index contributed by atoms with van der Waals surface area (Å²) in [5.41, 5.74) is 7.93. The molecule has 6 aromatic rings. The number of carbonyl (C=O) groups is 4. The number of nitrogens with one attached hydrogen (secondary N) is 4. The minimum Gasteiger partial charge on any atom is -0.453 e. The van der Waals surface area contributed by atoms with Crippen LogP contribution in [0.3, 0.4) is 0 Å². The van der Waals surface area contributed by atoms with Crippen LogP contribution in [0.15, 0.2) is 47.2 Å². The fraction of sp³-hybridized carbons (Fsp3) is 0.429. The van der Waals surface area contributed by atoms with Crippen LogP contribution in [0.4, 0.5) is 9.59 Å². The number of aromatic nitrogens is 4. The van der Waals surface area contributed by atoms with Crippen molar-refractivity contribution in [3.63, 3.8) is 0 Å². The highest BCUT2D eigenvalue weighted by atomic mass is 32.1. The van der Waals surface area contributed by atoms with Gasteiger partial charge in [-0.1, -0.05) is 39.8 Å². The highest BCUT2D eigenvalue weighted by molar-refractivity contribution is 7.27. The standard InChI is InChI=1S/C42H48N8O6S2/c1-21(2)33(47-41(53)55-5)39(51)49-15-7-9-31(49)37-43-27-13-11-23(17-29(27)45-37)25-19-57-36-26(20-58-35(25)36)24-12-14-28-30(18-24)46-38(44-28)32-10-8-16-50(32)40(52)34(22(3)4)48-42(54)56-6/h11-14,17-22,31-34H,7-10,15-16H2,1-6H3,(H,43,45)(H,44,46)(H,47,53)(H,48,54)/t31-,32+,33-,34+. The van der Waals surface area contributed by atoms with E-state index in [1.807, 2.05) is 49.6 Å². The lowest BCUT2D eigenvalue weighted by Crippen LogP contribution is -2.51.